The quantitative estimate of drug-likeness (QED) is 0.674. The minimum Gasteiger partial charge on any atom is -0.262 e. The van der Waals surface area contributed by atoms with E-state index in [-0.39, 0.29) is 0 Å². The minimum absolute atomic E-state index is 1.02. The summed E-state index contributed by atoms with van der Waals surface area (Å²) in [6.07, 6.45) is 0. The van der Waals surface area contributed by atoms with Crippen LogP contribution < -0.4 is 4.57 Å². The van der Waals surface area contributed by atoms with Gasteiger partial charge in [0, 0.05) is 26.2 Å². The lowest BCUT2D eigenvalue weighted by molar-refractivity contribution is -0.649. The molecule has 3 aromatic rings. The van der Waals surface area contributed by atoms with E-state index in [0.29, 0.717) is 0 Å². The first kappa shape index (κ1) is 13.5. The molecule has 5 heteroatoms. The lowest BCUT2D eigenvalue weighted by Crippen LogP contribution is -2.34. The molecule has 0 aliphatic carbocycles. The van der Waals surface area contributed by atoms with Crippen molar-refractivity contribution in [2.45, 2.75) is 13.8 Å². The normalized spacial score (nSPS) is 11.1. The molecular weight excluding hydrogens is 262 g/mol. The summed E-state index contributed by atoms with van der Waals surface area (Å²) in [4.78, 5) is 0. The van der Waals surface area contributed by atoms with Crippen LogP contribution in [0.15, 0.2) is 30.3 Å². The Kier molecular flexibility index (Phi) is 3.12. The molecule has 21 heavy (non-hydrogen) atoms. The highest BCUT2D eigenvalue weighted by molar-refractivity contribution is 5.57. The third kappa shape index (κ3) is 2.24. The molecule has 0 radical (unpaired) electrons. The van der Waals surface area contributed by atoms with E-state index < -0.39 is 0 Å². The molecule has 0 spiro atoms. The number of hydrogen-bond donors (Lipinski definition) is 0. The Morgan fingerprint density at radius 2 is 1.29 bits per heavy atom. The predicted octanol–water partition coefficient (Wildman–Crippen LogP) is 1.93. The summed E-state index contributed by atoms with van der Waals surface area (Å²) in [7, 11) is 6.03. The van der Waals surface area contributed by atoms with Gasteiger partial charge in [-0.05, 0) is 32.0 Å². The van der Waals surface area contributed by atoms with Crippen LogP contribution in [0.4, 0.5) is 0 Å². The van der Waals surface area contributed by atoms with Gasteiger partial charge in [-0.2, -0.15) is 14.8 Å². The number of nitrogens with zero attached hydrogens (tertiary/aromatic N) is 5. The molecule has 0 saturated heterocycles. The van der Waals surface area contributed by atoms with Crippen LogP contribution in [0.25, 0.3) is 22.8 Å². The van der Waals surface area contributed by atoms with Crippen LogP contribution in [0.2, 0.25) is 0 Å². The molecule has 3 heterocycles. The van der Waals surface area contributed by atoms with Crippen LogP contribution in [0, 0.1) is 13.8 Å². The zero-order chi connectivity index (χ0) is 15.1. The van der Waals surface area contributed by atoms with E-state index >= 15 is 0 Å². The highest BCUT2D eigenvalue weighted by Crippen LogP contribution is 2.21. The van der Waals surface area contributed by atoms with Crippen molar-refractivity contribution in [2.24, 2.45) is 21.1 Å². The van der Waals surface area contributed by atoms with Crippen molar-refractivity contribution in [2.75, 3.05) is 0 Å². The van der Waals surface area contributed by atoms with Gasteiger partial charge in [-0.1, -0.05) is 0 Å². The molecule has 0 aromatic carbocycles. The fourth-order valence-corrected chi connectivity index (χ4v) is 2.80. The first-order valence-corrected chi connectivity index (χ1v) is 6.98. The van der Waals surface area contributed by atoms with E-state index in [2.05, 4.69) is 52.1 Å². The number of hydrogen-bond acceptors (Lipinski definition) is 2. The molecule has 108 valence electrons. The Hall–Kier alpha value is -2.43. The number of aromatic nitrogens is 5. The predicted molar refractivity (Wildman–Crippen MR) is 81.5 cm³/mol. The highest BCUT2D eigenvalue weighted by atomic mass is 15.3. The van der Waals surface area contributed by atoms with Gasteiger partial charge in [0.25, 0.3) is 0 Å². The molecule has 0 N–H and O–H groups in total. The summed E-state index contributed by atoms with van der Waals surface area (Å²) in [6, 6.07) is 10.5. The fourth-order valence-electron chi connectivity index (χ4n) is 2.80. The first-order valence-electron chi connectivity index (χ1n) is 6.98. The van der Waals surface area contributed by atoms with Crippen LogP contribution in [-0.2, 0) is 21.1 Å². The molecule has 0 aliphatic rings. The van der Waals surface area contributed by atoms with E-state index in [4.69, 9.17) is 0 Å². The molecule has 5 nitrogen and oxygen atoms in total. The summed E-state index contributed by atoms with van der Waals surface area (Å²) in [5.41, 5.74) is 6.53. The van der Waals surface area contributed by atoms with Crippen molar-refractivity contribution in [3.63, 3.8) is 0 Å². The Balaban J connectivity index is 2.20. The van der Waals surface area contributed by atoms with Gasteiger partial charge in [-0.3, -0.25) is 9.36 Å². The molecule has 0 aliphatic heterocycles. The van der Waals surface area contributed by atoms with Gasteiger partial charge >= 0.3 is 0 Å². The second kappa shape index (κ2) is 4.84. The van der Waals surface area contributed by atoms with Crippen LogP contribution in [0.5, 0.6) is 0 Å². The Morgan fingerprint density at radius 3 is 1.62 bits per heavy atom. The second-order valence-electron chi connectivity index (χ2n) is 5.44. The molecule has 0 fully saturated rings. The third-order valence-corrected chi connectivity index (χ3v) is 3.76. The van der Waals surface area contributed by atoms with Crippen LogP contribution in [0.1, 0.15) is 11.4 Å². The maximum absolute atomic E-state index is 4.44. The summed E-state index contributed by atoms with van der Waals surface area (Å²) in [5, 5.41) is 8.88. The van der Waals surface area contributed by atoms with Gasteiger partial charge in [-0.25, -0.2) is 0 Å². The maximum Gasteiger partial charge on any atom is 0.231 e. The van der Waals surface area contributed by atoms with Crippen LogP contribution >= 0.6 is 0 Å². The van der Waals surface area contributed by atoms with Crippen molar-refractivity contribution in [1.29, 1.82) is 0 Å². The lowest BCUT2D eigenvalue weighted by atomic mass is 10.2. The number of aryl methyl sites for hydroxylation is 4. The minimum atomic E-state index is 1.02. The van der Waals surface area contributed by atoms with Crippen LogP contribution in [-0.4, -0.2) is 19.6 Å². The van der Waals surface area contributed by atoms with Gasteiger partial charge in [-0.15, -0.1) is 0 Å². The first-order chi connectivity index (χ1) is 9.97. The van der Waals surface area contributed by atoms with Gasteiger partial charge < -0.3 is 0 Å². The maximum atomic E-state index is 4.44. The van der Waals surface area contributed by atoms with Gasteiger partial charge in [0.2, 0.25) is 11.4 Å². The molecular formula is C16H20N5+. The Labute approximate surface area is 124 Å². The molecule has 3 rings (SSSR count). The standard InChI is InChI=1S/C16H20N5/c1-11-9-15(20(4)17-11)13-7-6-8-14(19(13)3)16-10-12(2)18-21(16)5/h6-10H,1-5H3/q+1. The number of rotatable bonds is 2. The molecule has 0 saturated carbocycles. The van der Waals surface area contributed by atoms with Gasteiger partial charge in [0.05, 0.1) is 11.4 Å². The van der Waals surface area contributed by atoms with E-state index in [9.17, 15) is 0 Å². The Bertz CT molecular complexity index is 746. The smallest absolute Gasteiger partial charge is 0.231 e. The zero-order valence-electron chi connectivity index (χ0n) is 13.1. The van der Waals surface area contributed by atoms with Crippen molar-refractivity contribution in [3.8, 4) is 22.8 Å². The molecule has 3 aromatic heterocycles. The van der Waals surface area contributed by atoms with E-state index in [1.165, 1.54) is 0 Å². The zero-order valence-corrected chi connectivity index (χ0v) is 13.1. The fraction of sp³-hybridized carbons (Fsp3) is 0.312. The van der Waals surface area contributed by atoms with E-state index in [1.807, 2.05) is 37.3 Å². The van der Waals surface area contributed by atoms with E-state index in [0.717, 1.165) is 34.2 Å². The molecule has 0 unspecified atom stereocenters. The van der Waals surface area contributed by atoms with E-state index in [1.54, 1.807) is 0 Å². The van der Waals surface area contributed by atoms with Crippen molar-refractivity contribution >= 4 is 0 Å². The average molecular weight is 282 g/mol. The van der Waals surface area contributed by atoms with Crippen molar-refractivity contribution in [3.05, 3.63) is 41.7 Å². The summed E-state index contributed by atoms with van der Waals surface area (Å²) < 4.78 is 6.03. The average Bonchev–Trinajstić information content (AvgIpc) is 2.92. The van der Waals surface area contributed by atoms with Crippen molar-refractivity contribution < 1.29 is 4.57 Å². The lowest BCUT2D eigenvalue weighted by Gasteiger charge is -2.05. The largest absolute Gasteiger partial charge is 0.262 e. The van der Waals surface area contributed by atoms with Crippen molar-refractivity contribution in [1.82, 2.24) is 19.6 Å². The molecule has 0 amide bonds. The number of pyridine rings is 1. The Morgan fingerprint density at radius 1 is 0.857 bits per heavy atom. The molecule has 0 bridgehead atoms. The summed E-state index contributed by atoms with van der Waals surface area (Å²) >= 11 is 0. The highest BCUT2D eigenvalue weighted by Gasteiger charge is 2.21. The summed E-state index contributed by atoms with van der Waals surface area (Å²) in [6.45, 7) is 4.02. The third-order valence-electron chi connectivity index (χ3n) is 3.76. The van der Waals surface area contributed by atoms with Gasteiger partial charge in [0.1, 0.15) is 18.4 Å². The van der Waals surface area contributed by atoms with Gasteiger partial charge in [0.15, 0.2) is 0 Å². The SMILES string of the molecule is Cc1cc(-c2cccc(-c3cc(C)nn3C)[n+]2C)n(C)n1. The second-order valence-corrected chi connectivity index (χ2v) is 5.44. The molecule has 0 atom stereocenters. The topological polar surface area (TPSA) is 39.5 Å². The summed E-state index contributed by atoms with van der Waals surface area (Å²) in [5.74, 6) is 0. The van der Waals surface area contributed by atoms with Crippen LogP contribution in [0.3, 0.4) is 0 Å². The monoisotopic (exact) mass is 282 g/mol.